The Hall–Kier alpha value is -2.68. The molecule has 1 aliphatic rings. The van der Waals surface area contributed by atoms with Crippen LogP contribution in [0.5, 0.6) is 0 Å². The molecule has 27 heavy (non-hydrogen) atoms. The molecule has 2 rings (SSSR count). The molecule has 1 aromatic carbocycles. The maximum absolute atomic E-state index is 12.1. The van der Waals surface area contributed by atoms with Gasteiger partial charge in [0.1, 0.15) is 5.69 Å². The van der Waals surface area contributed by atoms with E-state index in [0.29, 0.717) is 25.3 Å². The third-order valence-corrected chi connectivity index (χ3v) is 4.32. The standard InChI is InChI=1S/C18H25N3O6/c1-12-11-19(27-17(23)18(2,3)4)8-9-20(12)14-7-6-13(16(22)26-5)10-15(14)21(24)25/h6-7,10,12H,8-9,11H2,1-5H3/t12-/m1/s1. The second-order valence-corrected chi connectivity index (χ2v) is 7.51. The topological polar surface area (TPSA) is 102 Å². The van der Waals surface area contributed by atoms with Crippen LogP contribution in [0.15, 0.2) is 18.2 Å². The van der Waals surface area contributed by atoms with Crippen LogP contribution in [0.3, 0.4) is 0 Å². The summed E-state index contributed by atoms with van der Waals surface area (Å²) < 4.78 is 4.63. The highest BCUT2D eigenvalue weighted by Gasteiger charge is 2.33. The molecule has 0 bridgehead atoms. The Morgan fingerprint density at radius 2 is 1.93 bits per heavy atom. The summed E-state index contributed by atoms with van der Waals surface area (Å²) in [6.45, 7) is 8.51. The quantitative estimate of drug-likeness (QED) is 0.446. The Balaban J connectivity index is 2.19. The number of piperazine rings is 1. The maximum Gasteiger partial charge on any atom is 0.338 e. The number of rotatable bonds is 4. The molecule has 1 saturated heterocycles. The van der Waals surface area contributed by atoms with Crippen molar-refractivity contribution < 1.29 is 24.1 Å². The van der Waals surface area contributed by atoms with Crippen molar-refractivity contribution in [3.8, 4) is 0 Å². The molecule has 0 N–H and O–H groups in total. The normalized spacial score (nSPS) is 18.1. The van der Waals surface area contributed by atoms with E-state index < -0.39 is 16.3 Å². The Kier molecular flexibility index (Phi) is 6.04. The minimum absolute atomic E-state index is 0.123. The predicted octanol–water partition coefficient (Wildman–Crippen LogP) is 2.40. The molecule has 0 radical (unpaired) electrons. The fourth-order valence-corrected chi connectivity index (χ4v) is 2.78. The molecule has 148 valence electrons. The number of benzene rings is 1. The van der Waals surface area contributed by atoms with Gasteiger partial charge in [0.2, 0.25) is 0 Å². The Morgan fingerprint density at radius 1 is 1.26 bits per heavy atom. The van der Waals surface area contributed by atoms with Crippen LogP contribution < -0.4 is 4.90 Å². The molecule has 0 saturated carbocycles. The zero-order chi connectivity index (χ0) is 20.4. The number of ether oxygens (including phenoxy) is 1. The monoisotopic (exact) mass is 379 g/mol. The van der Waals surface area contributed by atoms with Crippen molar-refractivity contribution in [3.05, 3.63) is 33.9 Å². The lowest BCUT2D eigenvalue weighted by Gasteiger charge is -2.40. The molecule has 1 aliphatic heterocycles. The molecule has 0 amide bonds. The number of nitro benzene ring substituents is 1. The van der Waals surface area contributed by atoms with Crippen LogP contribution in [0.4, 0.5) is 11.4 Å². The number of nitro groups is 1. The number of anilines is 1. The van der Waals surface area contributed by atoms with Gasteiger partial charge < -0.3 is 14.5 Å². The van der Waals surface area contributed by atoms with E-state index in [1.54, 1.807) is 31.9 Å². The first kappa shape index (κ1) is 20.6. The van der Waals surface area contributed by atoms with E-state index in [-0.39, 0.29) is 23.3 Å². The molecular formula is C18H25N3O6. The molecule has 0 aliphatic carbocycles. The van der Waals surface area contributed by atoms with E-state index in [2.05, 4.69) is 4.74 Å². The number of carbonyl (C=O) groups excluding carboxylic acids is 2. The van der Waals surface area contributed by atoms with E-state index in [0.717, 1.165) is 0 Å². The predicted molar refractivity (Wildman–Crippen MR) is 98.4 cm³/mol. The second kappa shape index (κ2) is 7.91. The Bertz CT molecular complexity index is 743. The summed E-state index contributed by atoms with van der Waals surface area (Å²) in [6, 6.07) is 4.15. The molecule has 1 fully saturated rings. The molecule has 1 atom stereocenters. The number of hydroxylamine groups is 2. The van der Waals surface area contributed by atoms with Gasteiger partial charge in [0.25, 0.3) is 5.69 Å². The molecule has 0 aromatic heterocycles. The van der Waals surface area contributed by atoms with Crippen LogP contribution in [0, 0.1) is 15.5 Å². The lowest BCUT2D eigenvalue weighted by atomic mass is 9.98. The molecule has 0 unspecified atom stereocenters. The number of hydrogen-bond acceptors (Lipinski definition) is 8. The molecule has 1 heterocycles. The van der Waals surface area contributed by atoms with Gasteiger partial charge in [0, 0.05) is 18.7 Å². The molecule has 9 nitrogen and oxygen atoms in total. The summed E-state index contributed by atoms with van der Waals surface area (Å²) in [5.41, 5.74) is -0.228. The highest BCUT2D eigenvalue weighted by Crippen LogP contribution is 2.32. The van der Waals surface area contributed by atoms with Crippen LogP contribution in [-0.2, 0) is 14.4 Å². The SMILES string of the molecule is COC(=O)c1ccc(N2CCN(OC(=O)C(C)(C)C)C[C@H]2C)c([N+](=O)[O-])c1. The van der Waals surface area contributed by atoms with Crippen molar-refractivity contribution in [1.29, 1.82) is 0 Å². The van der Waals surface area contributed by atoms with Crippen molar-refractivity contribution in [2.45, 2.75) is 33.7 Å². The minimum Gasteiger partial charge on any atom is -0.465 e. The first-order chi connectivity index (χ1) is 12.5. The number of methoxy groups -OCH3 is 1. The van der Waals surface area contributed by atoms with Crippen molar-refractivity contribution in [2.24, 2.45) is 5.41 Å². The zero-order valence-electron chi connectivity index (χ0n) is 16.2. The summed E-state index contributed by atoms with van der Waals surface area (Å²) in [7, 11) is 1.22. The fraction of sp³-hybridized carbons (Fsp3) is 0.556. The third-order valence-electron chi connectivity index (χ3n) is 4.32. The summed E-state index contributed by atoms with van der Waals surface area (Å²) >= 11 is 0. The van der Waals surface area contributed by atoms with Crippen LogP contribution in [0.1, 0.15) is 38.1 Å². The number of esters is 1. The summed E-state index contributed by atoms with van der Waals surface area (Å²) in [5, 5.41) is 13.1. The van der Waals surface area contributed by atoms with Gasteiger partial charge in [-0.1, -0.05) is 0 Å². The molecule has 1 aromatic rings. The van der Waals surface area contributed by atoms with Crippen molar-refractivity contribution in [3.63, 3.8) is 0 Å². The molecular weight excluding hydrogens is 354 g/mol. The highest BCUT2D eigenvalue weighted by atomic mass is 16.7. The van der Waals surface area contributed by atoms with Crippen molar-refractivity contribution in [1.82, 2.24) is 5.06 Å². The van der Waals surface area contributed by atoms with Gasteiger partial charge >= 0.3 is 11.9 Å². The van der Waals surface area contributed by atoms with Crippen LogP contribution in [0.25, 0.3) is 0 Å². The first-order valence-corrected chi connectivity index (χ1v) is 8.65. The maximum atomic E-state index is 12.1. The van der Waals surface area contributed by atoms with Gasteiger partial charge in [-0.25, -0.2) is 9.59 Å². The number of carbonyl (C=O) groups is 2. The minimum atomic E-state index is -0.628. The average Bonchev–Trinajstić information content (AvgIpc) is 2.60. The third kappa shape index (κ3) is 4.73. The zero-order valence-corrected chi connectivity index (χ0v) is 16.2. The summed E-state index contributed by atoms with van der Waals surface area (Å²) in [6.07, 6.45) is 0. The number of nitrogens with zero attached hydrogens (tertiary/aromatic N) is 3. The van der Waals surface area contributed by atoms with E-state index in [9.17, 15) is 19.7 Å². The Labute approximate surface area is 157 Å². The number of hydrogen-bond donors (Lipinski definition) is 0. The van der Waals surface area contributed by atoms with Crippen molar-refractivity contribution in [2.75, 3.05) is 31.6 Å². The lowest BCUT2D eigenvalue weighted by molar-refractivity contribution is -0.384. The van der Waals surface area contributed by atoms with E-state index >= 15 is 0 Å². The van der Waals surface area contributed by atoms with Gasteiger partial charge in [-0.15, -0.1) is 5.06 Å². The van der Waals surface area contributed by atoms with Crippen LogP contribution in [-0.4, -0.2) is 54.7 Å². The summed E-state index contributed by atoms with van der Waals surface area (Å²) in [5.74, 6) is -0.951. The van der Waals surface area contributed by atoms with Crippen molar-refractivity contribution >= 4 is 23.3 Å². The Morgan fingerprint density at radius 3 is 2.44 bits per heavy atom. The van der Waals surface area contributed by atoms with Crippen LogP contribution >= 0.6 is 0 Å². The van der Waals surface area contributed by atoms with Crippen LogP contribution in [0.2, 0.25) is 0 Å². The molecule has 0 spiro atoms. The largest absolute Gasteiger partial charge is 0.465 e. The summed E-state index contributed by atoms with van der Waals surface area (Å²) in [4.78, 5) is 42.0. The van der Waals surface area contributed by atoms with E-state index in [4.69, 9.17) is 4.84 Å². The van der Waals surface area contributed by atoms with Gasteiger partial charge in [-0.3, -0.25) is 10.1 Å². The average molecular weight is 379 g/mol. The van der Waals surface area contributed by atoms with E-state index in [1.807, 2.05) is 11.8 Å². The molecule has 9 heteroatoms. The van der Waals surface area contributed by atoms with E-state index in [1.165, 1.54) is 19.2 Å². The van der Waals surface area contributed by atoms with Gasteiger partial charge in [-0.05, 0) is 39.8 Å². The second-order valence-electron chi connectivity index (χ2n) is 7.51. The highest BCUT2D eigenvalue weighted by molar-refractivity contribution is 5.91. The van der Waals surface area contributed by atoms with Gasteiger partial charge in [0.15, 0.2) is 0 Å². The van der Waals surface area contributed by atoms with Gasteiger partial charge in [-0.2, -0.15) is 0 Å². The lowest BCUT2D eigenvalue weighted by Crippen LogP contribution is -2.53. The fourth-order valence-electron chi connectivity index (χ4n) is 2.78. The smallest absolute Gasteiger partial charge is 0.338 e. The van der Waals surface area contributed by atoms with Gasteiger partial charge in [0.05, 0.1) is 36.1 Å². The first-order valence-electron chi connectivity index (χ1n) is 8.65.